The highest BCUT2D eigenvalue weighted by atomic mass is 19.1. The maximum atomic E-state index is 15.1. The van der Waals surface area contributed by atoms with Crippen molar-refractivity contribution >= 4 is 28.5 Å². The van der Waals surface area contributed by atoms with Crippen molar-refractivity contribution in [1.29, 1.82) is 0 Å². The first-order valence-corrected chi connectivity index (χ1v) is 19.4. The lowest BCUT2D eigenvalue weighted by Gasteiger charge is -2.31. The molecule has 2 fully saturated rings. The number of carbonyl (C=O) groups excluding carboxylic acids is 2. The SMILES string of the molecule is CCc1nc2c(cnn2CC)c(NC2CCOCC2)c1CNC(=O)c1cncc(C(=O)NCc2ccc(F)c(-c3cccc(CN4CCN[C@@H](C)C4)c3)c2)c1. The zero-order chi connectivity index (χ0) is 38.3. The van der Waals surface area contributed by atoms with Gasteiger partial charge >= 0.3 is 0 Å². The third kappa shape index (κ3) is 9.01. The minimum Gasteiger partial charge on any atom is -0.381 e. The molecule has 0 radical (unpaired) electrons. The quantitative estimate of drug-likeness (QED) is 0.124. The number of fused-ring (bicyclic) bond motifs is 1. The summed E-state index contributed by atoms with van der Waals surface area (Å²) in [6.07, 6.45) is 7.16. The highest BCUT2D eigenvalue weighted by Gasteiger charge is 2.23. The summed E-state index contributed by atoms with van der Waals surface area (Å²) in [6.45, 7) is 12.5. The highest BCUT2D eigenvalue weighted by Crippen LogP contribution is 2.31. The second-order valence-electron chi connectivity index (χ2n) is 14.4. The van der Waals surface area contributed by atoms with Crippen LogP contribution >= 0.6 is 0 Å². The first-order chi connectivity index (χ1) is 26.8. The van der Waals surface area contributed by atoms with Gasteiger partial charge in [-0.1, -0.05) is 31.2 Å². The van der Waals surface area contributed by atoms with E-state index in [2.05, 4.69) is 56.2 Å². The summed E-state index contributed by atoms with van der Waals surface area (Å²) in [5, 5.41) is 18.7. The third-order valence-corrected chi connectivity index (χ3v) is 10.4. The van der Waals surface area contributed by atoms with Crippen LogP contribution in [-0.2, 0) is 37.3 Å². The number of aryl methyl sites for hydroxylation is 2. The molecular formula is C42H50FN9O3. The zero-order valence-electron chi connectivity index (χ0n) is 31.8. The lowest BCUT2D eigenvalue weighted by Crippen LogP contribution is -2.48. The Hall–Kier alpha value is -5.24. The zero-order valence-corrected chi connectivity index (χ0v) is 31.8. The Kier molecular flexibility index (Phi) is 12.1. The summed E-state index contributed by atoms with van der Waals surface area (Å²) < 4.78 is 22.6. The standard InChI is InChI=1S/C42H50FN9O3/c1-4-38-35(39(49-33-11-15-55-16-12-33)36-24-48-52(5-2)40(36)50-38)23-47-42(54)32-19-31(21-44-22-32)41(53)46-20-28-9-10-37(43)34(18-28)30-8-6-7-29(17-30)26-51-14-13-45-27(3)25-51/h6-10,17-19,21-22,24,27,33,45H,4-5,11-16,20,23,25-26H2,1-3H3,(H,46,53)(H,47,54)(H,49,50)/t27-/m0/s1. The molecule has 5 heterocycles. The second kappa shape index (κ2) is 17.5. The Bertz CT molecular complexity index is 2150. The van der Waals surface area contributed by atoms with Crippen LogP contribution in [0, 0.1) is 5.82 Å². The van der Waals surface area contributed by atoms with Gasteiger partial charge in [0.1, 0.15) is 5.82 Å². The van der Waals surface area contributed by atoms with Crippen LogP contribution < -0.4 is 21.3 Å². The number of aromatic nitrogens is 4. The number of amides is 2. The molecule has 12 nitrogen and oxygen atoms in total. The highest BCUT2D eigenvalue weighted by molar-refractivity contribution is 5.99. The average molecular weight is 748 g/mol. The molecule has 2 aromatic carbocycles. The van der Waals surface area contributed by atoms with Gasteiger partial charge in [0, 0.05) is 100 Å². The number of carbonyl (C=O) groups is 2. The number of piperazine rings is 1. The van der Waals surface area contributed by atoms with E-state index in [0.717, 1.165) is 83.7 Å². The van der Waals surface area contributed by atoms with Crippen LogP contribution in [0.3, 0.4) is 0 Å². The van der Waals surface area contributed by atoms with Crippen LogP contribution in [0.1, 0.15) is 76.7 Å². The second-order valence-corrected chi connectivity index (χ2v) is 14.4. The fraction of sp³-hybridized carbons (Fsp3) is 0.405. The largest absolute Gasteiger partial charge is 0.381 e. The van der Waals surface area contributed by atoms with E-state index < -0.39 is 0 Å². The van der Waals surface area contributed by atoms with Gasteiger partial charge in [0.15, 0.2) is 5.65 Å². The van der Waals surface area contributed by atoms with Crippen LogP contribution in [0.5, 0.6) is 0 Å². The molecule has 2 aliphatic heterocycles. The van der Waals surface area contributed by atoms with Crippen LogP contribution in [0.2, 0.25) is 0 Å². The molecule has 7 rings (SSSR count). The van der Waals surface area contributed by atoms with Gasteiger partial charge in [0.05, 0.1) is 28.4 Å². The van der Waals surface area contributed by atoms with Crippen LogP contribution in [0.25, 0.3) is 22.2 Å². The Morgan fingerprint density at radius 1 is 0.964 bits per heavy atom. The van der Waals surface area contributed by atoms with Crippen LogP contribution in [-0.4, -0.2) is 81.4 Å². The summed E-state index contributed by atoms with van der Waals surface area (Å²) in [7, 11) is 0. The van der Waals surface area contributed by atoms with Crippen molar-refractivity contribution in [3.63, 3.8) is 0 Å². The van der Waals surface area contributed by atoms with E-state index in [9.17, 15) is 9.59 Å². The van der Waals surface area contributed by atoms with Gasteiger partial charge in [-0.2, -0.15) is 5.10 Å². The van der Waals surface area contributed by atoms with Gasteiger partial charge in [-0.05, 0) is 74.1 Å². The van der Waals surface area contributed by atoms with E-state index in [4.69, 9.17) is 9.72 Å². The van der Waals surface area contributed by atoms with E-state index in [1.807, 2.05) is 36.0 Å². The molecule has 288 valence electrons. The molecule has 5 aromatic rings. The molecule has 3 aromatic heterocycles. The minimum atomic E-state index is -0.390. The fourth-order valence-corrected chi connectivity index (χ4v) is 7.50. The Morgan fingerprint density at radius 3 is 2.49 bits per heavy atom. The van der Waals surface area contributed by atoms with Crippen molar-refractivity contribution in [2.75, 3.05) is 38.2 Å². The van der Waals surface area contributed by atoms with E-state index in [1.165, 1.54) is 24.5 Å². The van der Waals surface area contributed by atoms with Crippen molar-refractivity contribution < 1.29 is 18.7 Å². The summed E-state index contributed by atoms with van der Waals surface area (Å²) in [5.74, 6) is -1.07. The number of ether oxygens (including phenoxy) is 1. The number of pyridine rings is 2. The number of halogens is 1. The fourth-order valence-electron chi connectivity index (χ4n) is 7.50. The lowest BCUT2D eigenvalue weighted by molar-refractivity contribution is 0.0904. The number of hydrogen-bond acceptors (Lipinski definition) is 9. The number of benzene rings is 2. The summed E-state index contributed by atoms with van der Waals surface area (Å²) in [4.78, 5) is 38.4. The summed E-state index contributed by atoms with van der Waals surface area (Å²) in [5.41, 5.74) is 7.19. The van der Waals surface area contributed by atoms with Gasteiger partial charge in [-0.25, -0.2) is 14.1 Å². The van der Waals surface area contributed by atoms with Crippen molar-refractivity contribution in [3.05, 3.63) is 106 Å². The predicted octanol–water partition coefficient (Wildman–Crippen LogP) is 5.46. The molecule has 2 aliphatic rings. The molecule has 0 spiro atoms. The van der Waals surface area contributed by atoms with Crippen molar-refractivity contribution in [1.82, 2.24) is 40.6 Å². The van der Waals surface area contributed by atoms with Gasteiger partial charge in [0.25, 0.3) is 11.8 Å². The van der Waals surface area contributed by atoms with Gasteiger partial charge in [-0.3, -0.25) is 19.5 Å². The molecule has 55 heavy (non-hydrogen) atoms. The number of rotatable bonds is 13. The van der Waals surface area contributed by atoms with Crippen molar-refractivity contribution in [2.45, 2.75) is 78.3 Å². The average Bonchev–Trinajstić information content (AvgIpc) is 3.63. The summed E-state index contributed by atoms with van der Waals surface area (Å²) >= 11 is 0. The monoisotopic (exact) mass is 747 g/mol. The molecule has 0 aliphatic carbocycles. The van der Waals surface area contributed by atoms with Crippen molar-refractivity contribution in [3.8, 4) is 11.1 Å². The molecule has 0 saturated carbocycles. The number of hydrogen-bond donors (Lipinski definition) is 4. The third-order valence-electron chi connectivity index (χ3n) is 10.4. The maximum absolute atomic E-state index is 15.1. The Morgan fingerprint density at radius 2 is 1.75 bits per heavy atom. The molecule has 2 amide bonds. The molecule has 2 saturated heterocycles. The topological polar surface area (TPSA) is 138 Å². The lowest BCUT2D eigenvalue weighted by atomic mass is 10.00. The van der Waals surface area contributed by atoms with Gasteiger partial charge in [0.2, 0.25) is 0 Å². The van der Waals surface area contributed by atoms with Crippen molar-refractivity contribution in [2.24, 2.45) is 0 Å². The van der Waals surface area contributed by atoms with Crippen LogP contribution in [0.15, 0.2) is 67.1 Å². The first kappa shape index (κ1) is 38.1. The van der Waals surface area contributed by atoms with E-state index in [-0.39, 0.29) is 47.9 Å². The molecule has 0 unspecified atom stereocenters. The molecule has 1 atom stereocenters. The summed E-state index contributed by atoms with van der Waals surface area (Å²) in [6, 6.07) is 15.1. The van der Waals surface area contributed by atoms with Gasteiger partial charge in [-0.15, -0.1) is 0 Å². The predicted molar refractivity (Wildman–Crippen MR) is 211 cm³/mol. The molecule has 13 heteroatoms. The van der Waals surface area contributed by atoms with E-state index in [1.54, 1.807) is 12.1 Å². The molecule has 4 N–H and O–H groups in total. The number of nitrogens with one attached hydrogen (secondary N) is 4. The maximum Gasteiger partial charge on any atom is 0.253 e. The first-order valence-electron chi connectivity index (χ1n) is 19.4. The Labute approximate surface area is 321 Å². The number of anilines is 1. The van der Waals surface area contributed by atoms with E-state index >= 15 is 4.39 Å². The molecular weight excluding hydrogens is 698 g/mol. The Balaban J connectivity index is 1.02. The smallest absolute Gasteiger partial charge is 0.253 e. The molecule has 0 bridgehead atoms. The minimum absolute atomic E-state index is 0.174. The van der Waals surface area contributed by atoms with Gasteiger partial charge < -0.3 is 26.0 Å². The van der Waals surface area contributed by atoms with E-state index in [0.29, 0.717) is 37.8 Å². The normalized spacial score (nSPS) is 16.6. The van der Waals surface area contributed by atoms with Crippen LogP contribution in [0.4, 0.5) is 10.1 Å². The number of nitrogens with zero attached hydrogens (tertiary/aromatic N) is 5.